The Kier molecular flexibility index (Phi) is 6.75. The highest BCUT2D eigenvalue weighted by Gasteiger charge is 2.09. The predicted octanol–water partition coefficient (Wildman–Crippen LogP) is 3.38. The minimum atomic E-state index is -0.930. The fourth-order valence-electron chi connectivity index (χ4n) is 1.49. The van der Waals surface area contributed by atoms with Gasteiger partial charge in [0.1, 0.15) is 0 Å². The summed E-state index contributed by atoms with van der Waals surface area (Å²) >= 11 is 3.26. The molecule has 4 nitrogen and oxygen atoms in total. The molecule has 5 heteroatoms. The lowest BCUT2D eigenvalue weighted by molar-refractivity contribution is 0.0698. The van der Waals surface area contributed by atoms with Crippen molar-refractivity contribution in [3.8, 4) is 0 Å². The van der Waals surface area contributed by atoms with Crippen LogP contribution >= 0.6 is 15.9 Å². The highest BCUT2D eigenvalue weighted by Crippen LogP contribution is 2.21. The fraction of sp³-hybridized carbons (Fsp3) is 0.462. The summed E-state index contributed by atoms with van der Waals surface area (Å²) in [5.41, 5.74) is 0.917. The number of carboxylic acids is 1. The van der Waals surface area contributed by atoms with E-state index in [0.29, 0.717) is 18.8 Å². The van der Waals surface area contributed by atoms with Crippen molar-refractivity contribution < 1.29 is 14.6 Å². The molecule has 0 bridgehead atoms. The van der Waals surface area contributed by atoms with Gasteiger partial charge < -0.3 is 15.2 Å². The second kappa shape index (κ2) is 8.11. The van der Waals surface area contributed by atoms with Crippen LogP contribution in [0.4, 0.5) is 5.69 Å². The Labute approximate surface area is 115 Å². The van der Waals surface area contributed by atoms with Gasteiger partial charge in [-0.3, -0.25) is 0 Å². The molecule has 0 aliphatic heterocycles. The molecule has 0 aliphatic carbocycles. The first-order valence-corrected chi connectivity index (χ1v) is 6.79. The van der Waals surface area contributed by atoms with Crippen LogP contribution in [0.3, 0.4) is 0 Å². The highest BCUT2D eigenvalue weighted by molar-refractivity contribution is 9.10. The molecule has 0 unspecified atom stereocenters. The number of nitrogens with one attached hydrogen (secondary N) is 1. The van der Waals surface area contributed by atoms with E-state index in [9.17, 15) is 4.79 Å². The number of hydrogen-bond acceptors (Lipinski definition) is 3. The number of rotatable bonds is 8. The van der Waals surface area contributed by atoms with E-state index in [4.69, 9.17) is 9.84 Å². The number of ether oxygens (including phenoxy) is 1. The standard InChI is InChI=1S/C13H18BrNO3/c1-2-7-18-8-3-6-15-12-5-4-10(14)9-11(12)13(16)17/h4-5,9,15H,2-3,6-8H2,1H3,(H,16,17). The number of hydrogen-bond donors (Lipinski definition) is 2. The minimum absolute atomic E-state index is 0.277. The van der Waals surface area contributed by atoms with Gasteiger partial charge in [-0.15, -0.1) is 0 Å². The maximum atomic E-state index is 11.1. The topological polar surface area (TPSA) is 58.6 Å². The fourth-order valence-corrected chi connectivity index (χ4v) is 1.85. The Morgan fingerprint density at radius 3 is 2.89 bits per heavy atom. The van der Waals surface area contributed by atoms with Crippen molar-refractivity contribution in [3.05, 3.63) is 28.2 Å². The molecule has 0 aromatic heterocycles. The van der Waals surface area contributed by atoms with Crippen LogP contribution in [0.15, 0.2) is 22.7 Å². The summed E-state index contributed by atoms with van der Waals surface area (Å²) < 4.78 is 6.11. The number of aromatic carboxylic acids is 1. The normalized spacial score (nSPS) is 10.3. The summed E-state index contributed by atoms with van der Waals surface area (Å²) in [4.78, 5) is 11.1. The van der Waals surface area contributed by atoms with Crippen molar-refractivity contribution in [2.45, 2.75) is 19.8 Å². The van der Waals surface area contributed by atoms with Crippen LogP contribution in [0.25, 0.3) is 0 Å². The molecule has 0 aliphatic rings. The molecule has 0 amide bonds. The predicted molar refractivity (Wildman–Crippen MR) is 75.3 cm³/mol. The summed E-state index contributed by atoms with van der Waals surface area (Å²) in [5.74, 6) is -0.930. The van der Waals surface area contributed by atoms with Crippen molar-refractivity contribution in [1.82, 2.24) is 0 Å². The van der Waals surface area contributed by atoms with Gasteiger partial charge in [-0.05, 0) is 31.0 Å². The Morgan fingerprint density at radius 1 is 1.44 bits per heavy atom. The number of halogens is 1. The average Bonchev–Trinajstić information content (AvgIpc) is 2.35. The molecule has 0 atom stereocenters. The zero-order valence-electron chi connectivity index (χ0n) is 10.4. The van der Waals surface area contributed by atoms with Gasteiger partial charge in [0.15, 0.2) is 0 Å². The van der Waals surface area contributed by atoms with Crippen molar-refractivity contribution >= 4 is 27.6 Å². The van der Waals surface area contributed by atoms with Crippen LogP contribution in [-0.4, -0.2) is 30.8 Å². The number of carbonyl (C=O) groups is 1. The summed E-state index contributed by atoms with van der Waals surface area (Å²) in [5, 5.41) is 12.2. The van der Waals surface area contributed by atoms with E-state index < -0.39 is 5.97 Å². The first-order valence-electron chi connectivity index (χ1n) is 5.99. The third-order valence-electron chi connectivity index (χ3n) is 2.34. The van der Waals surface area contributed by atoms with Crippen LogP contribution in [0.2, 0.25) is 0 Å². The SMILES string of the molecule is CCCOCCCNc1ccc(Br)cc1C(=O)O. The van der Waals surface area contributed by atoms with Crippen molar-refractivity contribution in [1.29, 1.82) is 0 Å². The molecule has 0 heterocycles. The molecule has 18 heavy (non-hydrogen) atoms. The first kappa shape index (κ1) is 15.0. The Morgan fingerprint density at radius 2 is 2.22 bits per heavy atom. The molecule has 0 saturated carbocycles. The van der Waals surface area contributed by atoms with Gasteiger partial charge in [-0.25, -0.2) is 4.79 Å². The molecule has 2 N–H and O–H groups in total. The lowest BCUT2D eigenvalue weighted by Gasteiger charge is -2.10. The highest BCUT2D eigenvalue weighted by atomic mass is 79.9. The first-order chi connectivity index (χ1) is 8.65. The van der Waals surface area contributed by atoms with E-state index in [1.54, 1.807) is 12.1 Å². The van der Waals surface area contributed by atoms with Crippen LogP contribution in [-0.2, 0) is 4.74 Å². The van der Waals surface area contributed by atoms with E-state index in [2.05, 4.69) is 28.2 Å². The van der Waals surface area contributed by atoms with Crippen LogP contribution in [0.5, 0.6) is 0 Å². The van der Waals surface area contributed by atoms with Gasteiger partial charge in [-0.2, -0.15) is 0 Å². The van der Waals surface area contributed by atoms with Gasteiger partial charge in [0.25, 0.3) is 0 Å². The van der Waals surface area contributed by atoms with Crippen molar-refractivity contribution in [2.75, 3.05) is 25.1 Å². The van der Waals surface area contributed by atoms with E-state index in [0.717, 1.165) is 23.9 Å². The van der Waals surface area contributed by atoms with E-state index in [1.165, 1.54) is 0 Å². The second-order valence-corrected chi connectivity index (χ2v) is 4.80. The monoisotopic (exact) mass is 315 g/mol. The number of carboxylic acid groups (broad SMARTS) is 1. The van der Waals surface area contributed by atoms with E-state index >= 15 is 0 Å². The summed E-state index contributed by atoms with van der Waals surface area (Å²) in [6.45, 7) is 4.24. The molecule has 1 aromatic rings. The zero-order valence-corrected chi connectivity index (χ0v) is 12.0. The number of anilines is 1. The van der Waals surface area contributed by atoms with Gasteiger partial charge in [0.2, 0.25) is 0 Å². The van der Waals surface area contributed by atoms with Gasteiger partial charge >= 0.3 is 5.97 Å². The van der Waals surface area contributed by atoms with Gasteiger partial charge in [-0.1, -0.05) is 22.9 Å². The van der Waals surface area contributed by atoms with Crippen LogP contribution in [0.1, 0.15) is 30.1 Å². The molecular weight excluding hydrogens is 298 g/mol. The lowest BCUT2D eigenvalue weighted by atomic mass is 10.2. The zero-order chi connectivity index (χ0) is 13.4. The number of benzene rings is 1. The smallest absolute Gasteiger partial charge is 0.337 e. The summed E-state index contributed by atoms with van der Waals surface area (Å²) in [6.07, 6.45) is 1.87. The Hall–Kier alpha value is -1.07. The van der Waals surface area contributed by atoms with Gasteiger partial charge in [0.05, 0.1) is 5.56 Å². The molecule has 0 fully saturated rings. The molecule has 0 saturated heterocycles. The average molecular weight is 316 g/mol. The molecular formula is C13H18BrNO3. The molecule has 0 spiro atoms. The minimum Gasteiger partial charge on any atom is -0.478 e. The summed E-state index contributed by atoms with van der Waals surface area (Å²) in [7, 11) is 0. The van der Waals surface area contributed by atoms with Crippen LogP contribution < -0.4 is 5.32 Å². The maximum absolute atomic E-state index is 11.1. The van der Waals surface area contributed by atoms with E-state index in [-0.39, 0.29) is 5.56 Å². The van der Waals surface area contributed by atoms with E-state index in [1.807, 2.05) is 6.07 Å². The van der Waals surface area contributed by atoms with Gasteiger partial charge in [0, 0.05) is 29.9 Å². The Balaban J connectivity index is 2.44. The quantitative estimate of drug-likeness (QED) is 0.722. The Bertz CT molecular complexity index is 396. The summed E-state index contributed by atoms with van der Waals surface area (Å²) in [6, 6.07) is 5.18. The molecule has 1 aromatic carbocycles. The lowest BCUT2D eigenvalue weighted by Crippen LogP contribution is -2.09. The molecule has 1 rings (SSSR count). The third kappa shape index (κ3) is 5.06. The van der Waals surface area contributed by atoms with Crippen LogP contribution in [0, 0.1) is 0 Å². The van der Waals surface area contributed by atoms with Crippen molar-refractivity contribution in [2.24, 2.45) is 0 Å². The molecule has 100 valence electrons. The third-order valence-corrected chi connectivity index (χ3v) is 2.83. The second-order valence-electron chi connectivity index (χ2n) is 3.89. The largest absolute Gasteiger partial charge is 0.478 e. The van der Waals surface area contributed by atoms with Crippen molar-refractivity contribution in [3.63, 3.8) is 0 Å². The maximum Gasteiger partial charge on any atom is 0.337 e. The molecule has 0 radical (unpaired) electrons.